The summed E-state index contributed by atoms with van der Waals surface area (Å²) in [5.74, 6) is -0.154. The summed E-state index contributed by atoms with van der Waals surface area (Å²) < 4.78 is 38.7. The maximum atomic E-state index is 12.9. The molecule has 0 amide bonds. The van der Waals surface area contributed by atoms with Crippen molar-refractivity contribution in [1.29, 1.82) is 0 Å². The first-order chi connectivity index (χ1) is 10.4. The van der Waals surface area contributed by atoms with E-state index in [4.69, 9.17) is 17.1 Å². The molecule has 2 unspecified atom stereocenters. The van der Waals surface area contributed by atoms with Crippen LogP contribution in [0.15, 0.2) is 24.3 Å². The molecule has 2 rings (SSSR count). The van der Waals surface area contributed by atoms with Crippen molar-refractivity contribution in [2.75, 3.05) is 19.6 Å². The molecule has 0 aliphatic carbocycles. The van der Waals surface area contributed by atoms with Gasteiger partial charge in [0, 0.05) is 19.6 Å². The van der Waals surface area contributed by atoms with Crippen LogP contribution >= 0.6 is 12.2 Å². The molecule has 7 heteroatoms. The molecule has 1 aromatic rings. The molecule has 0 spiro atoms. The van der Waals surface area contributed by atoms with Crippen molar-refractivity contribution in [2.24, 2.45) is 5.92 Å². The Bertz CT molecular complexity index is 536. The van der Waals surface area contributed by atoms with Crippen molar-refractivity contribution in [3.63, 3.8) is 0 Å². The van der Waals surface area contributed by atoms with Gasteiger partial charge in [0.05, 0.1) is 16.5 Å². The van der Waals surface area contributed by atoms with Crippen LogP contribution in [-0.2, 0) is 11.0 Å². The van der Waals surface area contributed by atoms with Crippen LogP contribution < -0.4 is 5.32 Å². The van der Waals surface area contributed by atoms with Crippen LogP contribution in [0, 0.1) is 5.92 Å². The van der Waals surface area contributed by atoms with E-state index >= 15 is 0 Å². The summed E-state index contributed by atoms with van der Waals surface area (Å²) in [5.41, 5.74) is -0.173. The second kappa shape index (κ2) is 6.93. The van der Waals surface area contributed by atoms with E-state index in [0.717, 1.165) is 12.1 Å². The van der Waals surface area contributed by atoms with Crippen molar-refractivity contribution in [3.05, 3.63) is 35.4 Å². The maximum absolute atomic E-state index is 12.9. The minimum Gasteiger partial charge on any atom is -0.380 e. The van der Waals surface area contributed by atoms with Crippen LogP contribution in [-0.4, -0.2) is 29.7 Å². The molecule has 0 bridgehead atoms. The smallest absolute Gasteiger partial charge is 0.380 e. The number of hydrogen-bond acceptors (Lipinski definition) is 3. The molecule has 1 aliphatic heterocycles. The van der Waals surface area contributed by atoms with Crippen molar-refractivity contribution in [1.82, 2.24) is 10.4 Å². The second-order valence-corrected chi connectivity index (χ2v) is 5.57. The Morgan fingerprint density at radius 2 is 2.14 bits per heavy atom. The van der Waals surface area contributed by atoms with Gasteiger partial charge >= 0.3 is 6.18 Å². The van der Waals surface area contributed by atoms with Crippen LogP contribution in [0.5, 0.6) is 0 Å². The number of nitrogens with one attached hydrogen (secondary N) is 1. The van der Waals surface area contributed by atoms with Gasteiger partial charge in [0.2, 0.25) is 0 Å². The van der Waals surface area contributed by atoms with Crippen LogP contribution in [0.3, 0.4) is 0 Å². The summed E-state index contributed by atoms with van der Waals surface area (Å²) in [6, 6.07) is 5.27. The predicted octanol–water partition coefficient (Wildman–Crippen LogP) is 3.57. The van der Waals surface area contributed by atoms with E-state index in [1.165, 1.54) is 6.07 Å². The van der Waals surface area contributed by atoms with E-state index in [9.17, 15) is 13.2 Å². The summed E-state index contributed by atoms with van der Waals surface area (Å²) in [6.45, 7) is 5.77. The molecule has 122 valence electrons. The van der Waals surface area contributed by atoms with Crippen molar-refractivity contribution in [2.45, 2.75) is 26.1 Å². The zero-order valence-corrected chi connectivity index (χ0v) is 13.3. The number of thiocarbonyl (C=S) groups is 1. The lowest BCUT2D eigenvalue weighted by Crippen LogP contribution is -2.33. The van der Waals surface area contributed by atoms with E-state index in [1.807, 2.05) is 13.8 Å². The van der Waals surface area contributed by atoms with E-state index in [1.54, 1.807) is 11.1 Å². The summed E-state index contributed by atoms with van der Waals surface area (Å²) in [4.78, 5) is 6.41. The summed E-state index contributed by atoms with van der Waals surface area (Å²) in [5, 5.41) is 4.81. The molecule has 0 saturated carbocycles. The van der Waals surface area contributed by atoms with Crippen LogP contribution in [0.2, 0.25) is 0 Å². The molecule has 1 heterocycles. The Balaban J connectivity index is 2.29. The lowest BCUT2D eigenvalue weighted by molar-refractivity contribution is -0.146. The molecule has 22 heavy (non-hydrogen) atoms. The van der Waals surface area contributed by atoms with Gasteiger partial charge in [0.25, 0.3) is 0 Å². The van der Waals surface area contributed by atoms with Crippen molar-refractivity contribution >= 4 is 17.2 Å². The molecule has 2 atom stereocenters. The number of benzene rings is 1. The third-order valence-electron chi connectivity index (χ3n) is 3.61. The van der Waals surface area contributed by atoms with Gasteiger partial charge in [-0.1, -0.05) is 31.3 Å². The summed E-state index contributed by atoms with van der Waals surface area (Å²) in [6.07, 6.45) is -4.86. The first-order valence-corrected chi connectivity index (χ1v) is 7.64. The van der Waals surface area contributed by atoms with Crippen molar-refractivity contribution in [3.8, 4) is 0 Å². The molecule has 1 aliphatic rings. The lowest BCUT2D eigenvalue weighted by atomic mass is 9.95. The standard InChI is InChI=1S/C15H19F3N2OS/c1-3-19-14(22)12-9-20(4-2)21-13(12)10-6-5-7-11(8-10)15(16,17)18/h5-8,12-13H,3-4,9H2,1-2H3,(H,19,22). The third kappa shape index (κ3) is 3.77. The maximum Gasteiger partial charge on any atom is 0.416 e. The summed E-state index contributed by atoms with van der Waals surface area (Å²) >= 11 is 5.36. The Hall–Kier alpha value is -1.18. The normalized spacial score (nSPS) is 22.8. The third-order valence-corrected chi connectivity index (χ3v) is 4.06. The quantitative estimate of drug-likeness (QED) is 0.852. The fraction of sp³-hybridized carbons (Fsp3) is 0.533. The number of hydrogen-bond donors (Lipinski definition) is 1. The number of nitrogens with zero attached hydrogens (tertiary/aromatic N) is 1. The molecule has 1 saturated heterocycles. The minimum atomic E-state index is -4.36. The van der Waals surface area contributed by atoms with Gasteiger partial charge in [0.15, 0.2) is 0 Å². The average molecular weight is 332 g/mol. The number of hydroxylamine groups is 2. The first kappa shape index (κ1) is 17.2. The predicted molar refractivity (Wildman–Crippen MR) is 82.3 cm³/mol. The summed E-state index contributed by atoms with van der Waals surface area (Å²) in [7, 11) is 0. The van der Waals surface area contributed by atoms with E-state index in [-0.39, 0.29) is 5.92 Å². The highest BCUT2D eigenvalue weighted by Crippen LogP contribution is 2.37. The van der Waals surface area contributed by atoms with Gasteiger partial charge < -0.3 is 5.32 Å². The monoisotopic (exact) mass is 332 g/mol. The lowest BCUT2D eigenvalue weighted by Gasteiger charge is -2.20. The molecule has 0 radical (unpaired) electrons. The van der Waals surface area contributed by atoms with E-state index in [2.05, 4.69) is 5.32 Å². The fourth-order valence-electron chi connectivity index (χ4n) is 2.51. The Kier molecular flexibility index (Phi) is 5.41. The zero-order chi connectivity index (χ0) is 16.3. The topological polar surface area (TPSA) is 24.5 Å². The van der Waals surface area contributed by atoms with Crippen LogP contribution in [0.4, 0.5) is 13.2 Å². The number of alkyl halides is 3. The average Bonchev–Trinajstić information content (AvgIpc) is 2.91. The second-order valence-electron chi connectivity index (χ2n) is 5.13. The van der Waals surface area contributed by atoms with Gasteiger partial charge in [-0.25, -0.2) is 0 Å². The fourth-order valence-corrected chi connectivity index (χ4v) is 2.85. The molecule has 0 aromatic heterocycles. The van der Waals surface area contributed by atoms with Gasteiger partial charge in [0.1, 0.15) is 6.10 Å². The molecule has 1 N–H and O–H groups in total. The van der Waals surface area contributed by atoms with Gasteiger partial charge in [-0.05, 0) is 24.6 Å². The van der Waals surface area contributed by atoms with Crippen LogP contribution in [0.1, 0.15) is 31.1 Å². The molecule has 1 aromatic carbocycles. The van der Waals surface area contributed by atoms with E-state index < -0.39 is 17.8 Å². The minimum absolute atomic E-state index is 0.154. The molecular formula is C15H19F3N2OS. The molecular weight excluding hydrogens is 313 g/mol. The highest BCUT2D eigenvalue weighted by Gasteiger charge is 2.38. The Morgan fingerprint density at radius 1 is 1.41 bits per heavy atom. The van der Waals surface area contributed by atoms with Crippen molar-refractivity contribution < 1.29 is 18.0 Å². The number of rotatable bonds is 4. The first-order valence-electron chi connectivity index (χ1n) is 7.23. The Labute approximate surface area is 133 Å². The largest absolute Gasteiger partial charge is 0.416 e. The molecule has 3 nitrogen and oxygen atoms in total. The SMILES string of the molecule is CCNC(=S)C1CN(CC)OC1c1cccc(C(F)(F)F)c1. The van der Waals surface area contributed by atoms with Gasteiger partial charge in [-0.15, -0.1) is 0 Å². The van der Waals surface area contributed by atoms with Gasteiger partial charge in [-0.2, -0.15) is 18.2 Å². The van der Waals surface area contributed by atoms with E-state index in [0.29, 0.717) is 30.2 Å². The highest BCUT2D eigenvalue weighted by molar-refractivity contribution is 7.80. The highest BCUT2D eigenvalue weighted by atomic mass is 32.1. The van der Waals surface area contributed by atoms with Gasteiger partial charge in [-0.3, -0.25) is 4.84 Å². The zero-order valence-electron chi connectivity index (χ0n) is 12.5. The number of halogens is 3. The van der Waals surface area contributed by atoms with Crippen LogP contribution in [0.25, 0.3) is 0 Å². The molecule has 1 fully saturated rings. The Morgan fingerprint density at radius 3 is 2.73 bits per heavy atom.